The predicted molar refractivity (Wildman–Crippen MR) is 104 cm³/mol. The average Bonchev–Trinajstić information content (AvgIpc) is 2.84. The van der Waals surface area contributed by atoms with Gasteiger partial charge in [0.2, 0.25) is 0 Å². The first-order chi connectivity index (χ1) is 11.7. The molecule has 0 aliphatic carbocycles. The Labute approximate surface area is 155 Å². The first-order valence-electron chi connectivity index (χ1n) is 8.36. The molecule has 2 heterocycles. The molecule has 25 heavy (non-hydrogen) atoms. The largest absolute Gasteiger partial charge is 0.330 e. The lowest BCUT2D eigenvalue weighted by Gasteiger charge is -2.28. The van der Waals surface area contributed by atoms with Crippen LogP contribution in [0.3, 0.4) is 0 Å². The van der Waals surface area contributed by atoms with Crippen LogP contribution in [-0.4, -0.2) is 28.1 Å². The third-order valence-corrected chi connectivity index (χ3v) is 6.52. The molecule has 2 aliphatic heterocycles. The molecule has 2 aromatic rings. The van der Waals surface area contributed by atoms with Crippen LogP contribution in [-0.2, 0) is 10.2 Å². The van der Waals surface area contributed by atoms with Gasteiger partial charge in [0, 0.05) is 6.54 Å². The summed E-state index contributed by atoms with van der Waals surface area (Å²) in [6, 6.07) is 16.9. The highest BCUT2D eigenvalue weighted by Gasteiger charge is 2.41. The van der Waals surface area contributed by atoms with Crippen LogP contribution < -0.4 is 13.9 Å². The molecule has 0 aromatic heterocycles. The van der Waals surface area contributed by atoms with E-state index in [1.165, 1.54) is 4.31 Å². The maximum Gasteiger partial charge on any atom is 0.330 e. The molecule has 0 amide bonds. The summed E-state index contributed by atoms with van der Waals surface area (Å²) < 4.78 is 29.6. The summed E-state index contributed by atoms with van der Waals surface area (Å²) >= 11 is 0. The highest BCUT2D eigenvalue weighted by Crippen LogP contribution is 2.45. The number of para-hydroxylation sites is 3. The minimum Gasteiger partial charge on any atom is -0.317 e. The first-order valence-corrected chi connectivity index (χ1v) is 9.75. The number of hydrogen-bond acceptors (Lipinski definition) is 3. The van der Waals surface area contributed by atoms with Gasteiger partial charge < -0.3 is 5.32 Å². The van der Waals surface area contributed by atoms with Gasteiger partial charge in [0.05, 0.1) is 17.1 Å². The van der Waals surface area contributed by atoms with Gasteiger partial charge in [-0.3, -0.25) is 4.31 Å². The molecule has 5 nitrogen and oxygen atoms in total. The quantitative estimate of drug-likeness (QED) is 0.890. The van der Waals surface area contributed by atoms with E-state index < -0.39 is 10.2 Å². The van der Waals surface area contributed by atoms with Crippen LogP contribution in [0.1, 0.15) is 12.8 Å². The molecule has 2 aromatic carbocycles. The minimum atomic E-state index is -3.59. The van der Waals surface area contributed by atoms with Gasteiger partial charge in [0.15, 0.2) is 0 Å². The van der Waals surface area contributed by atoms with Gasteiger partial charge in [-0.25, -0.2) is 4.31 Å². The molecule has 0 bridgehead atoms. The van der Waals surface area contributed by atoms with E-state index in [0.717, 1.165) is 37.3 Å². The van der Waals surface area contributed by atoms with Gasteiger partial charge in [-0.15, -0.1) is 12.4 Å². The SMILES string of the molecule is Cl.O=S1(=O)N(CC2CCNCC2)c2ccccc2N1c1ccccc1. The third-order valence-electron chi connectivity index (χ3n) is 4.75. The Hall–Kier alpha value is -1.76. The summed E-state index contributed by atoms with van der Waals surface area (Å²) in [4.78, 5) is 0. The van der Waals surface area contributed by atoms with Gasteiger partial charge in [-0.05, 0) is 56.1 Å². The average molecular weight is 380 g/mol. The molecule has 0 unspecified atom stereocenters. The summed E-state index contributed by atoms with van der Waals surface area (Å²) in [7, 11) is -3.59. The van der Waals surface area contributed by atoms with E-state index in [0.29, 0.717) is 18.2 Å². The Balaban J connectivity index is 0.00000182. The monoisotopic (exact) mass is 379 g/mol. The van der Waals surface area contributed by atoms with Crippen molar-refractivity contribution < 1.29 is 8.42 Å². The van der Waals surface area contributed by atoms with Gasteiger partial charge >= 0.3 is 10.2 Å². The van der Waals surface area contributed by atoms with Crippen molar-refractivity contribution in [2.24, 2.45) is 5.92 Å². The standard InChI is InChI=1S/C18H21N3O2S.ClH/c22-24(23)20(14-15-10-12-19-13-11-15)17-8-4-5-9-18(17)21(24)16-6-2-1-3-7-16;/h1-9,15,19H,10-14H2;1H. The maximum absolute atomic E-state index is 13.3. The van der Waals surface area contributed by atoms with Gasteiger partial charge in [-0.1, -0.05) is 30.3 Å². The predicted octanol–water partition coefficient (Wildman–Crippen LogP) is 3.31. The zero-order chi connectivity index (χ0) is 16.6. The van der Waals surface area contributed by atoms with Crippen LogP contribution in [0.25, 0.3) is 0 Å². The molecule has 0 spiro atoms. The lowest BCUT2D eigenvalue weighted by molar-refractivity contribution is 0.382. The van der Waals surface area contributed by atoms with E-state index in [4.69, 9.17) is 0 Å². The van der Waals surface area contributed by atoms with Crippen molar-refractivity contribution in [3.63, 3.8) is 0 Å². The van der Waals surface area contributed by atoms with Crippen molar-refractivity contribution in [3.05, 3.63) is 54.6 Å². The van der Waals surface area contributed by atoms with Crippen LogP contribution in [0, 0.1) is 5.92 Å². The minimum absolute atomic E-state index is 0. The number of nitrogens with zero attached hydrogens (tertiary/aromatic N) is 2. The Morgan fingerprint density at radius 2 is 1.52 bits per heavy atom. The van der Waals surface area contributed by atoms with Crippen LogP contribution in [0.2, 0.25) is 0 Å². The fraction of sp³-hybridized carbons (Fsp3) is 0.333. The highest BCUT2D eigenvalue weighted by molar-refractivity contribution is 7.95. The first kappa shape index (κ1) is 18.0. The number of piperidine rings is 1. The molecule has 4 rings (SSSR count). The molecule has 0 radical (unpaired) electrons. The molecule has 0 atom stereocenters. The lowest BCUT2D eigenvalue weighted by Crippen LogP contribution is -2.41. The third kappa shape index (κ3) is 3.21. The Bertz CT molecular complexity index is 823. The molecule has 1 N–H and O–H groups in total. The second-order valence-corrected chi connectivity index (χ2v) is 8.02. The lowest BCUT2D eigenvalue weighted by atomic mass is 9.98. The number of halogens is 1. The Morgan fingerprint density at radius 1 is 0.920 bits per heavy atom. The second-order valence-electron chi connectivity index (χ2n) is 6.32. The van der Waals surface area contributed by atoms with Crippen LogP contribution in [0.4, 0.5) is 17.1 Å². The fourth-order valence-corrected chi connectivity index (χ4v) is 5.31. The molecule has 1 fully saturated rings. The van der Waals surface area contributed by atoms with Crippen LogP contribution >= 0.6 is 12.4 Å². The van der Waals surface area contributed by atoms with Crippen molar-refractivity contribution in [3.8, 4) is 0 Å². The van der Waals surface area contributed by atoms with Crippen molar-refractivity contribution in [1.82, 2.24) is 5.32 Å². The molecule has 7 heteroatoms. The topological polar surface area (TPSA) is 52.7 Å². The van der Waals surface area contributed by atoms with Gasteiger partial charge in [-0.2, -0.15) is 8.42 Å². The summed E-state index contributed by atoms with van der Waals surface area (Å²) in [5.74, 6) is 0.393. The van der Waals surface area contributed by atoms with Crippen molar-refractivity contribution >= 4 is 39.7 Å². The highest BCUT2D eigenvalue weighted by atomic mass is 35.5. The Kier molecular flexibility index (Phi) is 5.22. The van der Waals surface area contributed by atoms with Crippen molar-refractivity contribution in [2.45, 2.75) is 12.8 Å². The summed E-state index contributed by atoms with van der Waals surface area (Å²) in [6.45, 7) is 2.47. The van der Waals surface area contributed by atoms with Gasteiger partial charge in [0.25, 0.3) is 0 Å². The van der Waals surface area contributed by atoms with E-state index in [2.05, 4.69) is 5.32 Å². The number of anilines is 3. The molecule has 1 saturated heterocycles. The number of nitrogens with one attached hydrogen (secondary N) is 1. The number of rotatable bonds is 3. The van der Waals surface area contributed by atoms with Crippen LogP contribution in [0.15, 0.2) is 54.6 Å². The van der Waals surface area contributed by atoms with Crippen LogP contribution in [0.5, 0.6) is 0 Å². The molecular formula is C18H22ClN3O2S. The van der Waals surface area contributed by atoms with E-state index in [1.54, 1.807) is 4.31 Å². The van der Waals surface area contributed by atoms with E-state index >= 15 is 0 Å². The van der Waals surface area contributed by atoms with Gasteiger partial charge in [0.1, 0.15) is 0 Å². The number of hydrogen-bond donors (Lipinski definition) is 1. The maximum atomic E-state index is 13.3. The Morgan fingerprint density at radius 3 is 2.20 bits per heavy atom. The van der Waals surface area contributed by atoms with Crippen molar-refractivity contribution in [2.75, 3.05) is 28.2 Å². The molecule has 0 saturated carbocycles. The zero-order valence-electron chi connectivity index (χ0n) is 13.8. The summed E-state index contributed by atoms with van der Waals surface area (Å²) in [6.07, 6.45) is 2.03. The smallest absolute Gasteiger partial charge is 0.317 e. The van der Waals surface area contributed by atoms with Crippen molar-refractivity contribution in [1.29, 1.82) is 0 Å². The molecule has 134 valence electrons. The normalized spacial score (nSPS) is 19.4. The zero-order valence-corrected chi connectivity index (χ0v) is 15.5. The van der Waals surface area contributed by atoms with E-state index in [-0.39, 0.29) is 12.4 Å². The summed E-state index contributed by atoms with van der Waals surface area (Å²) in [5, 5.41) is 3.34. The second kappa shape index (κ2) is 7.23. The van der Waals surface area contributed by atoms with E-state index in [1.807, 2.05) is 54.6 Å². The number of benzene rings is 2. The fourth-order valence-electron chi connectivity index (χ4n) is 3.52. The summed E-state index contributed by atoms with van der Waals surface area (Å²) in [5.41, 5.74) is 2.19. The number of fused-ring (bicyclic) bond motifs is 1. The molecule has 2 aliphatic rings. The molecular weight excluding hydrogens is 358 g/mol. The van der Waals surface area contributed by atoms with E-state index in [9.17, 15) is 8.42 Å².